The molecule has 1 aliphatic heterocycles. The minimum atomic E-state index is -3.07. The Hall–Kier alpha value is -2.66. The molecule has 0 amide bonds. The van der Waals surface area contributed by atoms with Gasteiger partial charge < -0.3 is 28.8 Å². The van der Waals surface area contributed by atoms with Crippen LogP contribution in [0.3, 0.4) is 0 Å². The average molecular weight is 427 g/mol. The highest BCUT2D eigenvalue weighted by molar-refractivity contribution is 6.62. The number of halogens is 2. The molecule has 0 aromatic heterocycles. The van der Waals surface area contributed by atoms with Crippen LogP contribution < -0.4 is 15.5 Å². The molecule has 30 heavy (non-hydrogen) atoms. The standard InChI is InChI=1S/C19H24BF2NO7/c1-18(2)19(3,4)30-20(29-18)11-7-12(9-13(8-11)28-17(21)22)23-14(16(25)27-6)10-15(24)26-5/h7-10,17,23H,1-6H3/b14-10+. The van der Waals surface area contributed by atoms with Gasteiger partial charge in [0.1, 0.15) is 11.4 Å². The number of methoxy groups -OCH3 is 2. The second-order valence-electron chi connectivity index (χ2n) is 7.46. The van der Waals surface area contributed by atoms with Gasteiger partial charge >= 0.3 is 25.7 Å². The lowest BCUT2D eigenvalue weighted by atomic mass is 9.78. The van der Waals surface area contributed by atoms with E-state index in [0.29, 0.717) is 5.46 Å². The van der Waals surface area contributed by atoms with E-state index in [-0.39, 0.29) is 17.1 Å². The minimum Gasteiger partial charge on any atom is -0.466 e. The third kappa shape index (κ3) is 5.48. The monoisotopic (exact) mass is 427 g/mol. The molecular formula is C19H24BF2NO7. The van der Waals surface area contributed by atoms with Crippen LogP contribution in [0.2, 0.25) is 0 Å². The van der Waals surface area contributed by atoms with Gasteiger partial charge in [-0.15, -0.1) is 0 Å². The average Bonchev–Trinajstić information content (AvgIpc) is 2.87. The minimum absolute atomic E-state index is 0.165. The van der Waals surface area contributed by atoms with Crippen molar-refractivity contribution >= 4 is 30.2 Å². The molecule has 0 unspecified atom stereocenters. The smallest absolute Gasteiger partial charge is 0.466 e. The zero-order valence-electron chi connectivity index (χ0n) is 17.6. The van der Waals surface area contributed by atoms with Crippen molar-refractivity contribution < 1.29 is 41.9 Å². The molecule has 0 spiro atoms. The van der Waals surface area contributed by atoms with E-state index in [2.05, 4.69) is 19.5 Å². The molecule has 2 rings (SSSR count). The molecule has 0 atom stereocenters. The fourth-order valence-electron chi connectivity index (χ4n) is 2.57. The van der Waals surface area contributed by atoms with E-state index < -0.39 is 36.9 Å². The number of hydrogen-bond acceptors (Lipinski definition) is 8. The Bertz CT molecular complexity index is 826. The second-order valence-corrected chi connectivity index (χ2v) is 7.46. The maximum Gasteiger partial charge on any atom is 0.495 e. The lowest BCUT2D eigenvalue weighted by Crippen LogP contribution is -2.41. The number of carbonyl (C=O) groups excluding carboxylic acids is 2. The Morgan fingerprint density at radius 2 is 1.67 bits per heavy atom. The zero-order chi connectivity index (χ0) is 22.7. The van der Waals surface area contributed by atoms with Gasteiger partial charge in [-0.1, -0.05) is 0 Å². The molecule has 0 radical (unpaired) electrons. The molecule has 11 heteroatoms. The Balaban J connectivity index is 2.44. The number of anilines is 1. The van der Waals surface area contributed by atoms with Gasteiger partial charge in [-0.3, -0.25) is 0 Å². The summed E-state index contributed by atoms with van der Waals surface area (Å²) in [5, 5.41) is 2.66. The number of alkyl halides is 2. The van der Waals surface area contributed by atoms with Gasteiger partial charge in [-0.05, 0) is 45.3 Å². The summed E-state index contributed by atoms with van der Waals surface area (Å²) in [7, 11) is 1.39. The fourth-order valence-corrected chi connectivity index (χ4v) is 2.57. The van der Waals surface area contributed by atoms with E-state index in [1.54, 1.807) is 0 Å². The summed E-state index contributed by atoms with van der Waals surface area (Å²) in [5.41, 5.74) is -1.05. The number of hydrogen-bond donors (Lipinski definition) is 1. The third-order valence-electron chi connectivity index (χ3n) is 4.83. The highest BCUT2D eigenvalue weighted by Gasteiger charge is 2.51. The van der Waals surface area contributed by atoms with Crippen LogP contribution in [-0.2, 0) is 28.4 Å². The summed E-state index contributed by atoms with van der Waals surface area (Å²) >= 11 is 0. The van der Waals surface area contributed by atoms with Crippen LogP contribution in [-0.4, -0.2) is 51.1 Å². The molecule has 8 nitrogen and oxygen atoms in total. The second kappa shape index (κ2) is 9.01. The largest absolute Gasteiger partial charge is 0.495 e. The van der Waals surface area contributed by atoms with E-state index >= 15 is 0 Å². The summed E-state index contributed by atoms with van der Waals surface area (Å²) in [6, 6.07) is 4.10. The number of benzene rings is 1. The molecule has 1 N–H and O–H groups in total. The lowest BCUT2D eigenvalue weighted by molar-refractivity contribution is -0.138. The van der Waals surface area contributed by atoms with Crippen LogP contribution in [0.1, 0.15) is 27.7 Å². The van der Waals surface area contributed by atoms with Gasteiger partial charge in [0.15, 0.2) is 0 Å². The van der Waals surface area contributed by atoms with Crippen LogP contribution >= 0.6 is 0 Å². The first-order valence-corrected chi connectivity index (χ1v) is 8.99. The SMILES string of the molecule is COC(=O)/C=C(/Nc1cc(OC(F)F)cc(B2OC(C)(C)C(C)(C)O2)c1)C(=O)OC. The Morgan fingerprint density at radius 3 is 2.17 bits per heavy atom. The lowest BCUT2D eigenvalue weighted by Gasteiger charge is -2.32. The number of carbonyl (C=O) groups is 2. The Kier molecular flexibility index (Phi) is 7.09. The van der Waals surface area contributed by atoms with E-state index in [9.17, 15) is 18.4 Å². The Morgan fingerprint density at radius 1 is 1.07 bits per heavy atom. The zero-order valence-corrected chi connectivity index (χ0v) is 17.6. The number of rotatable bonds is 7. The molecule has 1 aliphatic rings. The van der Waals surface area contributed by atoms with E-state index in [1.165, 1.54) is 18.2 Å². The molecule has 0 aliphatic carbocycles. The molecule has 1 aromatic carbocycles. The summed E-state index contributed by atoms with van der Waals surface area (Å²) in [5.74, 6) is -1.87. The number of ether oxygens (including phenoxy) is 3. The highest BCUT2D eigenvalue weighted by atomic mass is 19.3. The highest BCUT2D eigenvalue weighted by Crippen LogP contribution is 2.37. The van der Waals surface area contributed by atoms with Crippen molar-refractivity contribution in [3.63, 3.8) is 0 Å². The maximum atomic E-state index is 12.8. The number of esters is 2. The van der Waals surface area contributed by atoms with Crippen molar-refractivity contribution in [1.82, 2.24) is 0 Å². The fraction of sp³-hybridized carbons (Fsp3) is 0.474. The first kappa shape index (κ1) is 23.6. The van der Waals surface area contributed by atoms with Crippen molar-refractivity contribution in [2.24, 2.45) is 0 Å². The summed E-state index contributed by atoms with van der Waals surface area (Å²) < 4.78 is 51.2. The summed E-state index contributed by atoms with van der Waals surface area (Å²) in [4.78, 5) is 23.5. The molecule has 1 heterocycles. The first-order chi connectivity index (χ1) is 13.9. The van der Waals surface area contributed by atoms with Gasteiger partial charge in [0.05, 0.1) is 31.5 Å². The summed E-state index contributed by atoms with van der Waals surface area (Å²) in [6.45, 7) is 4.32. The van der Waals surface area contributed by atoms with Gasteiger partial charge in [0.2, 0.25) is 0 Å². The third-order valence-corrected chi connectivity index (χ3v) is 4.83. The molecule has 0 bridgehead atoms. The van der Waals surface area contributed by atoms with Crippen molar-refractivity contribution in [2.45, 2.75) is 45.5 Å². The van der Waals surface area contributed by atoms with Crippen LogP contribution in [0.5, 0.6) is 5.75 Å². The topological polar surface area (TPSA) is 92.3 Å². The van der Waals surface area contributed by atoms with E-state index in [4.69, 9.17) is 9.31 Å². The van der Waals surface area contributed by atoms with Gasteiger partial charge in [0, 0.05) is 11.8 Å². The van der Waals surface area contributed by atoms with Gasteiger partial charge in [0.25, 0.3) is 0 Å². The molecule has 164 valence electrons. The van der Waals surface area contributed by atoms with Crippen LogP contribution in [0, 0.1) is 0 Å². The van der Waals surface area contributed by atoms with Gasteiger partial charge in [-0.2, -0.15) is 8.78 Å². The normalized spacial score (nSPS) is 17.6. The van der Waals surface area contributed by atoms with E-state index in [0.717, 1.165) is 20.3 Å². The molecule has 1 fully saturated rings. The van der Waals surface area contributed by atoms with Gasteiger partial charge in [-0.25, -0.2) is 9.59 Å². The summed E-state index contributed by atoms with van der Waals surface area (Å²) in [6.07, 6.45) is 0.876. The predicted molar refractivity (Wildman–Crippen MR) is 105 cm³/mol. The van der Waals surface area contributed by atoms with Crippen molar-refractivity contribution in [1.29, 1.82) is 0 Å². The number of nitrogens with one attached hydrogen (secondary N) is 1. The van der Waals surface area contributed by atoms with E-state index in [1.807, 2.05) is 27.7 Å². The van der Waals surface area contributed by atoms with Crippen LogP contribution in [0.4, 0.5) is 14.5 Å². The molecular weight excluding hydrogens is 403 g/mol. The van der Waals surface area contributed by atoms with Crippen molar-refractivity contribution in [2.75, 3.05) is 19.5 Å². The van der Waals surface area contributed by atoms with Crippen LogP contribution in [0.15, 0.2) is 30.0 Å². The quantitative estimate of drug-likeness (QED) is 0.403. The predicted octanol–water partition coefficient (Wildman–Crippen LogP) is 2.23. The molecule has 0 saturated carbocycles. The van der Waals surface area contributed by atoms with Crippen molar-refractivity contribution in [3.8, 4) is 5.75 Å². The first-order valence-electron chi connectivity index (χ1n) is 8.99. The maximum absolute atomic E-state index is 12.8. The Labute approximate surface area is 173 Å². The molecule has 1 saturated heterocycles. The van der Waals surface area contributed by atoms with Crippen LogP contribution in [0.25, 0.3) is 0 Å². The van der Waals surface area contributed by atoms with Crippen molar-refractivity contribution in [3.05, 3.63) is 30.0 Å². The molecule has 1 aromatic rings.